The van der Waals surface area contributed by atoms with Crippen LogP contribution in [0, 0.1) is 0 Å². The van der Waals surface area contributed by atoms with Gasteiger partial charge in [0.1, 0.15) is 6.04 Å². The summed E-state index contributed by atoms with van der Waals surface area (Å²) in [6.07, 6.45) is 0. The molecule has 0 bridgehead atoms. The van der Waals surface area contributed by atoms with Crippen molar-refractivity contribution >= 4 is 27.5 Å². The molecule has 1 fully saturated rings. The molecule has 0 spiro atoms. The minimum Gasteiger partial charge on any atom is -0.392 e. The van der Waals surface area contributed by atoms with Crippen LogP contribution in [0.15, 0.2) is 22.7 Å². The van der Waals surface area contributed by atoms with Crippen molar-refractivity contribution in [3.05, 3.63) is 28.2 Å². The zero-order chi connectivity index (χ0) is 15.4. The van der Waals surface area contributed by atoms with E-state index < -0.39 is 0 Å². The van der Waals surface area contributed by atoms with E-state index in [4.69, 9.17) is 4.74 Å². The number of nitrogens with one attached hydrogen (secondary N) is 1. The van der Waals surface area contributed by atoms with Crippen molar-refractivity contribution in [1.29, 1.82) is 0 Å². The number of hydrogen-bond donors (Lipinski definition) is 2. The van der Waals surface area contributed by atoms with Gasteiger partial charge in [-0.3, -0.25) is 4.79 Å². The molecule has 1 amide bonds. The lowest BCUT2D eigenvalue weighted by atomic mass is 10.1. The Morgan fingerprint density at radius 3 is 2.95 bits per heavy atom. The molecule has 1 heterocycles. The van der Waals surface area contributed by atoms with E-state index in [1.165, 1.54) is 0 Å². The lowest BCUT2D eigenvalue weighted by molar-refractivity contribution is -0.125. The van der Waals surface area contributed by atoms with Crippen LogP contribution in [0.25, 0.3) is 0 Å². The number of carbonyl (C=O) groups is 1. The van der Waals surface area contributed by atoms with Crippen LogP contribution in [-0.4, -0.2) is 42.9 Å². The SMILES string of the molecule is CC(C)NC(=O)C1COCCN1c1ccc(CO)cc1Br. The van der Waals surface area contributed by atoms with Gasteiger partial charge in [-0.25, -0.2) is 0 Å². The molecule has 0 aromatic heterocycles. The van der Waals surface area contributed by atoms with E-state index in [0.29, 0.717) is 19.8 Å². The average Bonchev–Trinajstić information content (AvgIpc) is 2.46. The molecule has 0 aliphatic carbocycles. The largest absolute Gasteiger partial charge is 0.392 e. The van der Waals surface area contributed by atoms with Crippen LogP contribution in [0.5, 0.6) is 0 Å². The summed E-state index contributed by atoms with van der Waals surface area (Å²) in [5.41, 5.74) is 1.78. The van der Waals surface area contributed by atoms with E-state index in [1.54, 1.807) is 0 Å². The third kappa shape index (κ3) is 3.96. The Labute approximate surface area is 133 Å². The van der Waals surface area contributed by atoms with Crippen molar-refractivity contribution in [2.24, 2.45) is 0 Å². The first kappa shape index (κ1) is 16.3. The molecule has 1 aliphatic heterocycles. The molecule has 1 atom stereocenters. The lowest BCUT2D eigenvalue weighted by Gasteiger charge is -2.37. The van der Waals surface area contributed by atoms with Gasteiger partial charge in [0.15, 0.2) is 0 Å². The predicted molar refractivity (Wildman–Crippen MR) is 85.3 cm³/mol. The van der Waals surface area contributed by atoms with Crippen molar-refractivity contribution in [2.75, 3.05) is 24.7 Å². The topological polar surface area (TPSA) is 61.8 Å². The first-order chi connectivity index (χ1) is 10.0. The number of rotatable bonds is 4. The highest BCUT2D eigenvalue weighted by Gasteiger charge is 2.30. The minimum absolute atomic E-state index is 0.000739. The van der Waals surface area contributed by atoms with Gasteiger partial charge >= 0.3 is 0 Å². The van der Waals surface area contributed by atoms with Gasteiger partial charge in [0.2, 0.25) is 5.91 Å². The van der Waals surface area contributed by atoms with Gasteiger partial charge in [0, 0.05) is 17.1 Å². The number of carbonyl (C=O) groups excluding carboxylic acids is 1. The van der Waals surface area contributed by atoms with E-state index in [2.05, 4.69) is 21.2 Å². The molecule has 116 valence electrons. The molecule has 1 aromatic rings. The zero-order valence-electron chi connectivity index (χ0n) is 12.3. The van der Waals surface area contributed by atoms with Crippen molar-refractivity contribution in [2.45, 2.75) is 32.5 Å². The average molecular weight is 357 g/mol. The molecule has 1 unspecified atom stereocenters. The van der Waals surface area contributed by atoms with E-state index >= 15 is 0 Å². The quantitative estimate of drug-likeness (QED) is 0.861. The first-order valence-corrected chi connectivity index (χ1v) is 7.86. The molecule has 5 nitrogen and oxygen atoms in total. The Hall–Kier alpha value is -1.11. The highest BCUT2D eigenvalue weighted by molar-refractivity contribution is 9.10. The van der Waals surface area contributed by atoms with Gasteiger partial charge in [-0.1, -0.05) is 6.07 Å². The van der Waals surface area contributed by atoms with Crippen molar-refractivity contribution < 1.29 is 14.6 Å². The van der Waals surface area contributed by atoms with Crippen LogP contribution in [0.1, 0.15) is 19.4 Å². The van der Waals surface area contributed by atoms with Crippen LogP contribution in [-0.2, 0) is 16.1 Å². The number of hydrogen-bond acceptors (Lipinski definition) is 4. The Kier molecular flexibility index (Phi) is 5.61. The number of morpholine rings is 1. The predicted octanol–water partition coefficient (Wildman–Crippen LogP) is 1.67. The monoisotopic (exact) mass is 356 g/mol. The number of halogens is 1. The number of ether oxygens (including phenoxy) is 1. The summed E-state index contributed by atoms with van der Waals surface area (Å²) in [4.78, 5) is 14.4. The fourth-order valence-corrected chi connectivity index (χ4v) is 3.03. The van der Waals surface area contributed by atoms with Crippen LogP contribution in [0.4, 0.5) is 5.69 Å². The van der Waals surface area contributed by atoms with Crippen molar-refractivity contribution in [3.8, 4) is 0 Å². The molecule has 6 heteroatoms. The summed E-state index contributed by atoms with van der Waals surface area (Å²) in [5.74, 6) is -0.0252. The third-order valence-electron chi connectivity index (χ3n) is 3.37. The molecular weight excluding hydrogens is 336 g/mol. The smallest absolute Gasteiger partial charge is 0.245 e. The van der Waals surface area contributed by atoms with Gasteiger partial charge in [0.25, 0.3) is 0 Å². The van der Waals surface area contributed by atoms with Gasteiger partial charge in [-0.2, -0.15) is 0 Å². The number of aliphatic hydroxyl groups is 1. The van der Waals surface area contributed by atoms with Crippen LogP contribution in [0.2, 0.25) is 0 Å². The summed E-state index contributed by atoms with van der Waals surface area (Å²) in [5, 5.41) is 12.1. The summed E-state index contributed by atoms with van der Waals surface area (Å²) in [6, 6.07) is 5.44. The first-order valence-electron chi connectivity index (χ1n) is 7.07. The highest BCUT2D eigenvalue weighted by Crippen LogP contribution is 2.30. The molecule has 2 rings (SSSR count). The van der Waals surface area contributed by atoms with E-state index in [1.807, 2.05) is 36.9 Å². The molecule has 0 radical (unpaired) electrons. The Bertz CT molecular complexity index is 508. The molecule has 1 saturated heterocycles. The summed E-state index contributed by atoms with van der Waals surface area (Å²) < 4.78 is 6.34. The second kappa shape index (κ2) is 7.24. The van der Waals surface area contributed by atoms with Gasteiger partial charge < -0.3 is 20.1 Å². The van der Waals surface area contributed by atoms with Crippen LogP contribution >= 0.6 is 15.9 Å². The third-order valence-corrected chi connectivity index (χ3v) is 4.00. The van der Waals surface area contributed by atoms with Gasteiger partial charge in [0.05, 0.1) is 25.5 Å². The molecule has 2 N–H and O–H groups in total. The molecule has 21 heavy (non-hydrogen) atoms. The zero-order valence-corrected chi connectivity index (χ0v) is 13.9. The Balaban J connectivity index is 2.24. The summed E-state index contributed by atoms with van der Waals surface area (Å²) in [6.45, 7) is 5.52. The maximum absolute atomic E-state index is 12.3. The minimum atomic E-state index is -0.336. The maximum atomic E-state index is 12.3. The van der Waals surface area contributed by atoms with Crippen LogP contribution in [0.3, 0.4) is 0 Å². The normalized spacial score (nSPS) is 18.9. The fourth-order valence-electron chi connectivity index (χ4n) is 2.37. The number of nitrogens with zero attached hydrogens (tertiary/aromatic N) is 1. The maximum Gasteiger partial charge on any atom is 0.245 e. The summed E-state index contributed by atoms with van der Waals surface area (Å²) in [7, 11) is 0. The second-order valence-electron chi connectivity index (χ2n) is 5.39. The fraction of sp³-hybridized carbons (Fsp3) is 0.533. The van der Waals surface area contributed by atoms with Gasteiger partial charge in [-0.05, 0) is 47.5 Å². The molecular formula is C15H21BrN2O3. The number of aliphatic hydroxyl groups excluding tert-OH is 1. The van der Waals surface area contributed by atoms with E-state index in [0.717, 1.165) is 15.7 Å². The van der Waals surface area contributed by atoms with Crippen molar-refractivity contribution in [3.63, 3.8) is 0 Å². The van der Waals surface area contributed by atoms with E-state index in [9.17, 15) is 9.90 Å². The van der Waals surface area contributed by atoms with Crippen molar-refractivity contribution in [1.82, 2.24) is 5.32 Å². The van der Waals surface area contributed by atoms with Crippen LogP contribution < -0.4 is 10.2 Å². The Morgan fingerprint density at radius 1 is 1.57 bits per heavy atom. The van der Waals surface area contributed by atoms with Gasteiger partial charge in [-0.15, -0.1) is 0 Å². The lowest BCUT2D eigenvalue weighted by Crippen LogP contribution is -2.55. The molecule has 1 aliphatic rings. The van der Waals surface area contributed by atoms with E-state index in [-0.39, 0.29) is 24.6 Å². The molecule has 1 aromatic carbocycles. The summed E-state index contributed by atoms with van der Waals surface area (Å²) >= 11 is 3.53. The second-order valence-corrected chi connectivity index (χ2v) is 6.25. The Morgan fingerprint density at radius 2 is 2.33 bits per heavy atom. The number of amides is 1. The number of anilines is 1. The molecule has 0 saturated carbocycles. The standard InChI is InChI=1S/C15H21BrN2O3/c1-10(2)17-15(20)14-9-21-6-5-18(14)13-4-3-11(8-19)7-12(13)16/h3-4,7,10,14,19H,5-6,8-9H2,1-2H3,(H,17,20). The highest BCUT2D eigenvalue weighted by atomic mass is 79.9. The number of benzene rings is 1.